The van der Waals surface area contributed by atoms with Crippen molar-refractivity contribution in [3.8, 4) is 0 Å². The van der Waals surface area contributed by atoms with Crippen molar-refractivity contribution in [2.75, 3.05) is 11.9 Å². The van der Waals surface area contributed by atoms with Crippen molar-refractivity contribution in [3.05, 3.63) is 48.0 Å². The van der Waals surface area contributed by atoms with Gasteiger partial charge in [-0.3, -0.25) is 9.78 Å². The second kappa shape index (κ2) is 6.51. The molecule has 0 aliphatic carbocycles. The molecule has 6 heteroatoms. The van der Waals surface area contributed by atoms with E-state index < -0.39 is 0 Å². The largest absolute Gasteiger partial charge is 0.350 e. The maximum atomic E-state index is 12.4. The molecule has 1 amide bonds. The molecule has 1 atom stereocenters. The average molecular weight is 297 g/mol. The van der Waals surface area contributed by atoms with E-state index in [1.807, 2.05) is 17.0 Å². The first-order valence-electron chi connectivity index (χ1n) is 7.50. The summed E-state index contributed by atoms with van der Waals surface area (Å²) in [5.74, 6) is 0.527. The second-order valence-electron chi connectivity index (χ2n) is 5.50. The number of nitrogens with one attached hydrogen (secondary N) is 1. The highest BCUT2D eigenvalue weighted by Crippen LogP contribution is 2.19. The van der Waals surface area contributed by atoms with Crippen LogP contribution in [-0.4, -0.2) is 38.3 Å². The quantitative estimate of drug-likeness (QED) is 0.936. The van der Waals surface area contributed by atoms with E-state index in [-0.39, 0.29) is 5.91 Å². The first kappa shape index (κ1) is 14.4. The highest BCUT2D eigenvalue weighted by molar-refractivity contribution is 5.94. The number of carbonyl (C=O) groups is 1. The van der Waals surface area contributed by atoms with Crippen LogP contribution in [0.5, 0.6) is 0 Å². The lowest BCUT2D eigenvalue weighted by molar-refractivity contribution is 0.0746. The molecule has 0 unspecified atom stereocenters. The van der Waals surface area contributed by atoms with Crippen LogP contribution < -0.4 is 5.32 Å². The minimum absolute atomic E-state index is 0.0174. The highest BCUT2D eigenvalue weighted by atomic mass is 16.2. The standard InChI is InChI=1S/C16H19N5O/c1-12-4-3-7-21(12)15(22)14-10-19-16(20-11-14)18-9-13-5-2-6-17-8-13/h2,5-6,8,10-12H,3-4,7,9H2,1H3,(H,18,19,20)/t12-/m1/s1. The summed E-state index contributed by atoms with van der Waals surface area (Å²) in [6.45, 7) is 3.50. The van der Waals surface area contributed by atoms with E-state index in [0.29, 0.717) is 24.1 Å². The second-order valence-corrected chi connectivity index (χ2v) is 5.50. The van der Waals surface area contributed by atoms with Crippen molar-refractivity contribution < 1.29 is 4.79 Å². The van der Waals surface area contributed by atoms with E-state index >= 15 is 0 Å². The summed E-state index contributed by atoms with van der Waals surface area (Å²) in [7, 11) is 0. The maximum absolute atomic E-state index is 12.4. The molecule has 3 rings (SSSR count). The third-order valence-electron chi connectivity index (χ3n) is 3.89. The molecular weight excluding hydrogens is 278 g/mol. The molecule has 114 valence electrons. The van der Waals surface area contributed by atoms with Crippen molar-refractivity contribution in [2.45, 2.75) is 32.4 Å². The lowest BCUT2D eigenvalue weighted by atomic mass is 10.2. The Morgan fingerprint density at radius 3 is 2.82 bits per heavy atom. The molecule has 1 aliphatic rings. The van der Waals surface area contributed by atoms with Gasteiger partial charge in [-0.1, -0.05) is 6.07 Å². The first-order chi connectivity index (χ1) is 10.7. The molecule has 0 saturated carbocycles. The Morgan fingerprint density at radius 2 is 2.18 bits per heavy atom. The molecule has 1 aliphatic heterocycles. The van der Waals surface area contributed by atoms with Crippen LogP contribution in [0, 0.1) is 0 Å². The zero-order valence-electron chi connectivity index (χ0n) is 12.6. The molecule has 0 aromatic carbocycles. The van der Waals surface area contributed by atoms with Crippen molar-refractivity contribution in [3.63, 3.8) is 0 Å². The molecule has 1 fully saturated rings. The Hall–Kier alpha value is -2.50. The molecule has 0 bridgehead atoms. The average Bonchev–Trinajstić information content (AvgIpc) is 3.00. The molecule has 2 aromatic rings. The number of nitrogens with zero attached hydrogens (tertiary/aromatic N) is 4. The van der Waals surface area contributed by atoms with Gasteiger partial charge in [0.2, 0.25) is 5.95 Å². The Kier molecular flexibility index (Phi) is 4.27. The fourth-order valence-corrected chi connectivity index (χ4v) is 2.61. The number of aromatic nitrogens is 3. The Labute approximate surface area is 129 Å². The van der Waals surface area contributed by atoms with Gasteiger partial charge in [-0.2, -0.15) is 0 Å². The number of hydrogen-bond acceptors (Lipinski definition) is 5. The molecule has 6 nitrogen and oxygen atoms in total. The van der Waals surface area contributed by atoms with Crippen LogP contribution in [0.3, 0.4) is 0 Å². The summed E-state index contributed by atoms with van der Waals surface area (Å²) in [6, 6.07) is 4.17. The number of anilines is 1. The van der Waals surface area contributed by atoms with E-state index in [9.17, 15) is 4.79 Å². The topological polar surface area (TPSA) is 71.0 Å². The number of rotatable bonds is 4. The zero-order valence-corrected chi connectivity index (χ0v) is 12.6. The Morgan fingerprint density at radius 1 is 1.36 bits per heavy atom. The van der Waals surface area contributed by atoms with Gasteiger partial charge >= 0.3 is 0 Å². The SMILES string of the molecule is C[C@@H]1CCCN1C(=O)c1cnc(NCc2cccnc2)nc1. The van der Waals surface area contributed by atoms with Gasteiger partial charge in [0, 0.05) is 43.9 Å². The van der Waals surface area contributed by atoms with Crippen LogP contribution in [0.1, 0.15) is 35.7 Å². The number of pyridine rings is 1. The van der Waals surface area contributed by atoms with Crippen LogP contribution in [0.4, 0.5) is 5.95 Å². The molecule has 3 heterocycles. The predicted molar refractivity (Wildman–Crippen MR) is 83.3 cm³/mol. The molecule has 0 radical (unpaired) electrons. The van der Waals surface area contributed by atoms with E-state index in [1.54, 1.807) is 24.8 Å². The Bertz CT molecular complexity index is 629. The normalized spacial score (nSPS) is 17.5. The van der Waals surface area contributed by atoms with Crippen LogP contribution >= 0.6 is 0 Å². The van der Waals surface area contributed by atoms with Crippen LogP contribution in [0.25, 0.3) is 0 Å². The summed E-state index contributed by atoms with van der Waals surface area (Å²) < 4.78 is 0. The molecule has 1 saturated heterocycles. The summed E-state index contributed by atoms with van der Waals surface area (Å²) in [5.41, 5.74) is 1.60. The molecule has 0 spiro atoms. The zero-order chi connectivity index (χ0) is 15.4. The van der Waals surface area contributed by atoms with Gasteiger partial charge in [0.25, 0.3) is 5.91 Å². The molecule has 22 heavy (non-hydrogen) atoms. The summed E-state index contributed by atoms with van der Waals surface area (Å²) in [4.78, 5) is 26.8. The Balaban J connectivity index is 1.61. The van der Waals surface area contributed by atoms with Gasteiger partial charge in [0.15, 0.2) is 0 Å². The number of amides is 1. The maximum Gasteiger partial charge on any atom is 0.257 e. The number of hydrogen-bond donors (Lipinski definition) is 1. The summed E-state index contributed by atoms with van der Waals surface area (Å²) >= 11 is 0. The summed E-state index contributed by atoms with van der Waals surface area (Å²) in [5, 5.41) is 3.12. The van der Waals surface area contributed by atoms with E-state index in [4.69, 9.17) is 0 Å². The van der Waals surface area contributed by atoms with Gasteiger partial charge in [-0.25, -0.2) is 9.97 Å². The third kappa shape index (κ3) is 3.21. The fourth-order valence-electron chi connectivity index (χ4n) is 2.61. The van der Waals surface area contributed by atoms with Crippen molar-refractivity contribution in [2.24, 2.45) is 0 Å². The van der Waals surface area contributed by atoms with Gasteiger partial charge < -0.3 is 10.2 Å². The van der Waals surface area contributed by atoms with Gasteiger partial charge in [0.05, 0.1) is 5.56 Å². The van der Waals surface area contributed by atoms with Crippen molar-refractivity contribution >= 4 is 11.9 Å². The highest BCUT2D eigenvalue weighted by Gasteiger charge is 2.26. The fraction of sp³-hybridized carbons (Fsp3) is 0.375. The minimum Gasteiger partial charge on any atom is -0.350 e. The predicted octanol–water partition coefficient (Wildman–Crippen LogP) is 2.11. The lowest BCUT2D eigenvalue weighted by Gasteiger charge is -2.21. The third-order valence-corrected chi connectivity index (χ3v) is 3.89. The summed E-state index contributed by atoms with van der Waals surface area (Å²) in [6.07, 6.45) is 8.84. The van der Waals surface area contributed by atoms with E-state index in [0.717, 1.165) is 24.9 Å². The van der Waals surface area contributed by atoms with Crippen LogP contribution in [0.2, 0.25) is 0 Å². The molecular formula is C16H19N5O. The lowest BCUT2D eigenvalue weighted by Crippen LogP contribution is -2.33. The van der Waals surface area contributed by atoms with Crippen molar-refractivity contribution in [1.82, 2.24) is 19.9 Å². The van der Waals surface area contributed by atoms with Gasteiger partial charge in [-0.05, 0) is 31.4 Å². The van der Waals surface area contributed by atoms with E-state index in [2.05, 4.69) is 27.2 Å². The monoisotopic (exact) mass is 297 g/mol. The first-order valence-corrected chi connectivity index (χ1v) is 7.50. The van der Waals surface area contributed by atoms with Crippen molar-refractivity contribution in [1.29, 1.82) is 0 Å². The van der Waals surface area contributed by atoms with Crippen LogP contribution in [0.15, 0.2) is 36.9 Å². The minimum atomic E-state index is 0.0174. The molecule has 2 aromatic heterocycles. The smallest absolute Gasteiger partial charge is 0.257 e. The number of carbonyl (C=O) groups excluding carboxylic acids is 1. The van der Waals surface area contributed by atoms with E-state index in [1.165, 1.54) is 0 Å². The van der Waals surface area contributed by atoms with Gasteiger partial charge in [-0.15, -0.1) is 0 Å². The number of likely N-dealkylation sites (tertiary alicyclic amines) is 1. The molecule has 1 N–H and O–H groups in total. The van der Waals surface area contributed by atoms with Gasteiger partial charge in [0.1, 0.15) is 0 Å². The van der Waals surface area contributed by atoms with Crippen LogP contribution in [-0.2, 0) is 6.54 Å².